The van der Waals surface area contributed by atoms with E-state index in [1.807, 2.05) is 13.8 Å². The summed E-state index contributed by atoms with van der Waals surface area (Å²) >= 11 is 0. The van der Waals surface area contributed by atoms with Gasteiger partial charge in [-0.25, -0.2) is 4.79 Å². The summed E-state index contributed by atoms with van der Waals surface area (Å²) in [4.78, 5) is 24.9. The number of aromatic nitrogens is 2. The summed E-state index contributed by atoms with van der Waals surface area (Å²) < 4.78 is 1.57. The molecule has 1 heterocycles. The first-order chi connectivity index (χ1) is 6.02. The fourth-order valence-electron chi connectivity index (χ4n) is 0.855. The van der Waals surface area contributed by atoms with Crippen molar-refractivity contribution in [3.05, 3.63) is 28.4 Å². The minimum atomic E-state index is -1.24. The second-order valence-corrected chi connectivity index (χ2v) is 2.94. The summed E-state index contributed by atoms with van der Waals surface area (Å²) in [6.45, 7) is 3.75. The molecule has 0 bridgehead atoms. The summed E-state index contributed by atoms with van der Waals surface area (Å²) in [5.74, 6) is -1.24. The molecule has 0 radical (unpaired) electrons. The Morgan fingerprint density at radius 3 is 2.69 bits per heavy atom. The first-order valence-corrected chi connectivity index (χ1v) is 3.83. The van der Waals surface area contributed by atoms with Gasteiger partial charge in [0.15, 0.2) is 0 Å². The number of hydrogen-bond donors (Lipinski definition) is 1. The Bertz CT molecular complexity index is 381. The van der Waals surface area contributed by atoms with Crippen LogP contribution >= 0.6 is 0 Å². The Balaban J connectivity index is 3.27. The van der Waals surface area contributed by atoms with E-state index in [1.54, 1.807) is 4.57 Å². The number of carbonyl (C=O) groups is 1. The SMILES string of the molecule is CC(C)n1cnc(=O)c(C(=O)O)c1. The molecule has 0 aromatic carbocycles. The largest absolute Gasteiger partial charge is 0.477 e. The van der Waals surface area contributed by atoms with Crippen LogP contribution in [0.15, 0.2) is 17.3 Å². The van der Waals surface area contributed by atoms with Gasteiger partial charge in [-0.05, 0) is 13.8 Å². The highest BCUT2D eigenvalue weighted by molar-refractivity contribution is 5.86. The van der Waals surface area contributed by atoms with E-state index in [9.17, 15) is 9.59 Å². The molecule has 0 aliphatic heterocycles. The van der Waals surface area contributed by atoms with Gasteiger partial charge in [-0.3, -0.25) is 4.79 Å². The molecule has 0 saturated carbocycles. The highest BCUT2D eigenvalue weighted by Gasteiger charge is 2.10. The van der Waals surface area contributed by atoms with Crippen molar-refractivity contribution in [3.63, 3.8) is 0 Å². The van der Waals surface area contributed by atoms with Gasteiger partial charge in [0.05, 0.1) is 6.33 Å². The van der Waals surface area contributed by atoms with Crippen LogP contribution < -0.4 is 5.56 Å². The van der Waals surface area contributed by atoms with Crippen LogP contribution in [0.4, 0.5) is 0 Å². The molecule has 5 heteroatoms. The molecule has 1 N–H and O–H groups in total. The van der Waals surface area contributed by atoms with E-state index in [4.69, 9.17) is 5.11 Å². The van der Waals surface area contributed by atoms with Crippen LogP contribution in [0.5, 0.6) is 0 Å². The molecule has 1 aromatic heterocycles. The van der Waals surface area contributed by atoms with Crippen molar-refractivity contribution in [1.29, 1.82) is 0 Å². The smallest absolute Gasteiger partial charge is 0.342 e. The predicted molar refractivity (Wildman–Crippen MR) is 45.8 cm³/mol. The van der Waals surface area contributed by atoms with Crippen molar-refractivity contribution in [2.45, 2.75) is 19.9 Å². The third-order valence-electron chi connectivity index (χ3n) is 1.64. The maximum atomic E-state index is 10.9. The Labute approximate surface area is 74.7 Å². The predicted octanol–water partition coefficient (Wildman–Crippen LogP) is 0.522. The fraction of sp³-hybridized carbons (Fsp3) is 0.375. The first-order valence-electron chi connectivity index (χ1n) is 3.83. The zero-order valence-electron chi connectivity index (χ0n) is 7.39. The standard InChI is InChI=1S/C8H10N2O3/c1-5(2)10-3-6(8(12)13)7(11)9-4-10/h3-5H,1-2H3,(H,12,13). The van der Waals surface area contributed by atoms with Gasteiger partial charge in [-0.15, -0.1) is 0 Å². The van der Waals surface area contributed by atoms with Crippen molar-refractivity contribution in [2.24, 2.45) is 0 Å². The molecule has 1 rings (SSSR count). The lowest BCUT2D eigenvalue weighted by molar-refractivity contribution is 0.0693. The van der Waals surface area contributed by atoms with Crippen molar-refractivity contribution in [3.8, 4) is 0 Å². The second-order valence-electron chi connectivity index (χ2n) is 2.94. The number of aromatic carboxylic acids is 1. The number of carboxylic acids is 1. The van der Waals surface area contributed by atoms with E-state index in [1.165, 1.54) is 12.5 Å². The summed E-state index contributed by atoms with van der Waals surface area (Å²) in [6.07, 6.45) is 2.63. The van der Waals surface area contributed by atoms with E-state index >= 15 is 0 Å². The van der Waals surface area contributed by atoms with Crippen molar-refractivity contribution in [2.75, 3.05) is 0 Å². The van der Waals surface area contributed by atoms with Gasteiger partial charge < -0.3 is 9.67 Å². The van der Waals surface area contributed by atoms with E-state index in [2.05, 4.69) is 4.98 Å². The maximum Gasteiger partial charge on any atom is 0.342 e. The molecule has 5 nitrogen and oxygen atoms in total. The second kappa shape index (κ2) is 3.38. The van der Waals surface area contributed by atoms with Crippen LogP contribution in [-0.2, 0) is 0 Å². The zero-order valence-corrected chi connectivity index (χ0v) is 7.39. The molecule has 0 fully saturated rings. The third kappa shape index (κ3) is 1.93. The Morgan fingerprint density at radius 1 is 1.62 bits per heavy atom. The summed E-state index contributed by atoms with van der Waals surface area (Å²) in [5, 5.41) is 8.62. The van der Waals surface area contributed by atoms with Gasteiger partial charge in [0.2, 0.25) is 0 Å². The average Bonchev–Trinajstić information content (AvgIpc) is 2.04. The molecule has 0 aliphatic carbocycles. The third-order valence-corrected chi connectivity index (χ3v) is 1.64. The molecule has 0 atom stereocenters. The van der Waals surface area contributed by atoms with E-state index < -0.39 is 11.5 Å². The summed E-state index contributed by atoms with van der Waals surface area (Å²) in [7, 11) is 0. The van der Waals surface area contributed by atoms with Gasteiger partial charge in [-0.2, -0.15) is 4.98 Å². The molecule has 70 valence electrons. The summed E-state index contributed by atoms with van der Waals surface area (Å²) in [5.41, 5.74) is -0.999. The van der Waals surface area contributed by atoms with Gasteiger partial charge >= 0.3 is 5.97 Å². The van der Waals surface area contributed by atoms with Crippen molar-refractivity contribution in [1.82, 2.24) is 9.55 Å². The van der Waals surface area contributed by atoms with Crippen LogP contribution in [0.1, 0.15) is 30.2 Å². The molecule has 1 aromatic rings. The fourth-order valence-corrected chi connectivity index (χ4v) is 0.855. The van der Waals surface area contributed by atoms with Crippen molar-refractivity contribution < 1.29 is 9.90 Å². The molecule has 0 unspecified atom stereocenters. The normalized spacial score (nSPS) is 10.4. The number of hydrogen-bond acceptors (Lipinski definition) is 3. The zero-order chi connectivity index (χ0) is 10.0. The van der Waals surface area contributed by atoms with E-state index in [-0.39, 0.29) is 11.6 Å². The van der Waals surface area contributed by atoms with Gasteiger partial charge in [0, 0.05) is 12.2 Å². The first kappa shape index (κ1) is 9.44. The molecule has 0 amide bonds. The molecule has 13 heavy (non-hydrogen) atoms. The highest BCUT2D eigenvalue weighted by Crippen LogP contribution is 2.01. The lowest BCUT2D eigenvalue weighted by Gasteiger charge is -2.09. The van der Waals surface area contributed by atoms with Crippen LogP contribution in [0, 0.1) is 0 Å². The number of rotatable bonds is 2. The Kier molecular flexibility index (Phi) is 2.46. The Hall–Kier alpha value is -1.65. The van der Waals surface area contributed by atoms with Crippen LogP contribution in [0.3, 0.4) is 0 Å². The molecular weight excluding hydrogens is 172 g/mol. The summed E-state index contributed by atoms with van der Waals surface area (Å²) in [6, 6.07) is 0.0891. The molecular formula is C8H10N2O3. The van der Waals surface area contributed by atoms with Crippen molar-refractivity contribution >= 4 is 5.97 Å². The van der Waals surface area contributed by atoms with Gasteiger partial charge in [0.25, 0.3) is 5.56 Å². The lowest BCUT2D eigenvalue weighted by Crippen LogP contribution is -2.20. The minimum Gasteiger partial charge on any atom is -0.477 e. The maximum absolute atomic E-state index is 10.9. The molecule has 0 aliphatic rings. The van der Waals surface area contributed by atoms with Gasteiger partial charge in [0.1, 0.15) is 5.56 Å². The average molecular weight is 182 g/mol. The monoisotopic (exact) mass is 182 g/mol. The quantitative estimate of drug-likeness (QED) is 0.723. The molecule has 0 spiro atoms. The number of nitrogens with zero attached hydrogens (tertiary/aromatic N) is 2. The highest BCUT2D eigenvalue weighted by atomic mass is 16.4. The van der Waals surface area contributed by atoms with E-state index in [0.717, 1.165) is 0 Å². The van der Waals surface area contributed by atoms with Crippen LogP contribution in [0.25, 0.3) is 0 Å². The Morgan fingerprint density at radius 2 is 2.23 bits per heavy atom. The van der Waals surface area contributed by atoms with Gasteiger partial charge in [-0.1, -0.05) is 0 Å². The topological polar surface area (TPSA) is 72.2 Å². The van der Waals surface area contributed by atoms with E-state index in [0.29, 0.717) is 0 Å². The lowest BCUT2D eigenvalue weighted by atomic mass is 10.3. The van der Waals surface area contributed by atoms with Crippen LogP contribution in [0.2, 0.25) is 0 Å². The minimum absolute atomic E-state index is 0.0891. The van der Waals surface area contributed by atoms with Crippen LogP contribution in [-0.4, -0.2) is 20.6 Å². The molecule has 0 saturated heterocycles. The number of carboxylic acid groups (broad SMARTS) is 1.